The predicted octanol–water partition coefficient (Wildman–Crippen LogP) is 3.01. The van der Waals surface area contributed by atoms with E-state index in [0.29, 0.717) is 5.02 Å². The second kappa shape index (κ2) is 5.12. The van der Waals surface area contributed by atoms with E-state index in [1.54, 1.807) is 0 Å². The smallest absolute Gasteiger partial charge is 0.181 e. The van der Waals surface area contributed by atoms with E-state index in [1.165, 1.54) is 0 Å². The van der Waals surface area contributed by atoms with Gasteiger partial charge in [0.15, 0.2) is 5.78 Å². The Morgan fingerprint density at radius 1 is 1.50 bits per heavy atom. The zero-order valence-corrected chi connectivity index (χ0v) is 11.6. The monoisotopic (exact) mass is 264 g/mol. The molecule has 2 aromatic rings. The summed E-state index contributed by atoms with van der Waals surface area (Å²) in [5, 5.41) is 4.78. The number of hydrogen-bond donors (Lipinski definition) is 1. The molecule has 0 saturated heterocycles. The van der Waals surface area contributed by atoms with Gasteiger partial charge in [-0.15, -0.1) is 0 Å². The van der Waals surface area contributed by atoms with Gasteiger partial charge in [0, 0.05) is 34.7 Å². The molecule has 0 aliphatic heterocycles. The molecule has 2 rings (SSSR count). The van der Waals surface area contributed by atoms with Gasteiger partial charge in [0.05, 0.1) is 6.04 Å². The van der Waals surface area contributed by atoms with E-state index >= 15 is 0 Å². The van der Waals surface area contributed by atoms with Gasteiger partial charge in [-0.25, -0.2) is 0 Å². The van der Waals surface area contributed by atoms with E-state index in [2.05, 4.69) is 5.32 Å². The number of aromatic nitrogens is 1. The summed E-state index contributed by atoms with van der Waals surface area (Å²) in [6.07, 6.45) is 1.87. The molecule has 0 bridgehead atoms. The van der Waals surface area contributed by atoms with Crippen molar-refractivity contribution in [3.63, 3.8) is 0 Å². The van der Waals surface area contributed by atoms with Gasteiger partial charge in [-0.05, 0) is 25.6 Å². The van der Waals surface area contributed by atoms with Crippen molar-refractivity contribution in [1.82, 2.24) is 9.88 Å². The van der Waals surface area contributed by atoms with Crippen LogP contribution in [0.25, 0.3) is 10.9 Å². The molecule has 1 N–H and O–H groups in total. The van der Waals surface area contributed by atoms with Crippen LogP contribution >= 0.6 is 11.6 Å². The predicted molar refractivity (Wildman–Crippen MR) is 75.4 cm³/mol. The number of carbonyl (C=O) groups is 1. The molecule has 96 valence electrons. The normalized spacial score (nSPS) is 12.9. The average Bonchev–Trinajstić information content (AvgIpc) is 2.66. The average molecular weight is 265 g/mol. The summed E-state index contributed by atoms with van der Waals surface area (Å²) in [5.74, 6) is 0.116. The molecule has 0 spiro atoms. The fourth-order valence-electron chi connectivity index (χ4n) is 2.19. The topological polar surface area (TPSA) is 34.0 Å². The van der Waals surface area contributed by atoms with Crippen molar-refractivity contribution in [2.24, 2.45) is 7.05 Å². The number of hydrogen-bond acceptors (Lipinski definition) is 2. The summed E-state index contributed by atoms with van der Waals surface area (Å²) in [5.41, 5.74) is 1.73. The Morgan fingerprint density at radius 2 is 2.22 bits per heavy atom. The number of nitrogens with zero attached hydrogens (tertiary/aromatic N) is 1. The fourth-order valence-corrected chi connectivity index (χ4v) is 2.35. The molecule has 1 unspecified atom stereocenters. The molecule has 1 aromatic carbocycles. The maximum Gasteiger partial charge on any atom is 0.181 e. The molecule has 0 saturated carbocycles. The Labute approximate surface area is 112 Å². The molecular formula is C14H17ClN2O. The third-order valence-corrected chi connectivity index (χ3v) is 3.36. The maximum absolute atomic E-state index is 12.3. The van der Waals surface area contributed by atoms with Crippen LogP contribution in [0.2, 0.25) is 5.02 Å². The number of halogens is 1. The number of ketones is 1. The van der Waals surface area contributed by atoms with Crippen LogP contribution in [0, 0.1) is 0 Å². The Hall–Kier alpha value is -1.32. The quantitative estimate of drug-likeness (QED) is 0.862. The molecule has 0 aliphatic rings. The Kier molecular flexibility index (Phi) is 3.73. The van der Waals surface area contributed by atoms with Gasteiger partial charge in [0.1, 0.15) is 0 Å². The lowest BCUT2D eigenvalue weighted by Crippen LogP contribution is -2.33. The highest BCUT2D eigenvalue weighted by atomic mass is 35.5. The molecular weight excluding hydrogens is 248 g/mol. The molecule has 4 heteroatoms. The Morgan fingerprint density at radius 3 is 2.89 bits per heavy atom. The molecule has 0 amide bonds. The molecule has 3 nitrogen and oxygen atoms in total. The second-order valence-electron chi connectivity index (χ2n) is 4.46. The molecule has 0 aliphatic carbocycles. The maximum atomic E-state index is 12.3. The van der Waals surface area contributed by atoms with Crippen molar-refractivity contribution in [2.75, 3.05) is 6.54 Å². The largest absolute Gasteiger partial charge is 0.350 e. The van der Waals surface area contributed by atoms with E-state index in [-0.39, 0.29) is 11.8 Å². The number of fused-ring (bicyclic) bond motifs is 1. The molecule has 1 heterocycles. The first-order valence-corrected chi connectivity index (χ1v) is 6.44. The number of likely N-dealkylation sites (N-methyl/N-ethyl adjacent to an activating group) is 1. The standard InChI is InChI=1S/C14H17ClN2O/c1-4-16-9(2)14(18)12-8-17(3)13-7-10(15)5-6-11(12)13/h5-9,16H,4H2,1-3H3. The summed E-state index contributed by atoms with van der Waals surface area (Å²) in [4.78, 5) is 12.3. The highest BCUT2D eigenvalue weighted by molar-refractivity contribution is 6.31. The minimum absolute atomic E-state index is 0.116. The highest BCUT2D eigenvalue weighted by Crippen LogP contribution is 2.25. The van der Waals surface area contributed by atoms with Crippen molar-refractivity contribution < 1.29 is 4.79 Å². The minimum atomic E-state index is -0.170. The van der Waals surface area contributed by atoms with Crippen LogP contribution in [0.5, 0.6) is 0 Å². The lowest BCUT2D eigenvalue weighted by atomic mass is 10.0. The van der Waals surface area contributed by atoms with E-state index in [0.717, 1.165) is 23.0 Å². The summed E-state index contributed by atoms with van der Waals surface area (Å²) in [6.45, 7) is 4.66. The van der Waals surface area contributed by atoms with Gasteiger partial charge in [0.25, 0.3) is 0 Å². The van der Waals surface area contributed by atoms with Crippen LogP contribution in [0.15, 0.2) is 24.4 Å². The second-order valence-corrected chi connectivity index (χ2v) is 4.90. The first kappa shape index (κ1) is 13.1. The molecule has 1 atom stereocenters. The summed E-state index contributed by atoms with van der Waals surface area (Å²) in [7, 11) is 1.92. The lowest BCUT2D eigenvalue weighted by molar-refractivity contribution is 0.0953. The SMILES string of the molecule is CCNC(C)C(=O)c1cn(C)c2cc(Cl)ccc12. The molecule has 1 aromatic heterocycles. The van der Waals surface area contributed by atoms with Gasteiger partial charge in [-0.3, -0.25) is 4.79 Å². The van der Waals surface area contributed by atoms with E-state index < -0.39 is 0 Å². The van der Waals surface area contributed by atoms with Crippen LogP contribution in [0.4, 0.5) is 0 Å². The van der Waals surface area contributed by atoms with Crippen molar-refractivity contribution >= 4 is 28.3 Å². The highest BCUT2D eigenvalue weighted by Gasteiger charge is 2.19. The van der Waals surface area contributed by atoms with Crippen molar-refractivity contribution in [2.45, 2.75) is 19.9 Å². The molecule has 0 fully saturated rings. The number of carbonyl (C=O) groups excluding carboxylic acids is 1. The summed E-state index contributed by atoms with van der Waals surface area (Å²) in [6, 6.07) is 5.43. The van der Waals surface area contributed by atoms with Gasteiger partial charge in [-0.1, -0.05) is 24.6 Å². The number of aryl methyl sites for hydroxylation is 1. The van der Waals surface area contributed by atoms with Gasteiger partial charge < -0.3 is 9.88 Å². The van der Waals surface area contributed by atoms with Crippen LogP contribution < -0.4 is 5.32 Å². The summed E-state index contributed by atoms with van der Waals surface area (Å²) >= 11 is 5.98. The van der Waals surface area contributed by atoms with E-state index in [9.17, 15) is 4.79 Å². The zero-order chi connectivity index (χ0) is 13.3. The van der Waals surface area contributed by atoms with E-state index in [4.69, 9.17) is 11.6 Å². The van der Waals surface area contributed by atoms with Gasteiger partial charge in [-0.2, -0.15) is 0 Å². The van der Waals surface area contributed by atoms with Crippen LogP contribution in [-0.4, -0.2) is 22.9 Å². The number of nitrogens with one attached hydrogen (secondary N) is 1. The lowest BCUT2D eigenvalue weighted by Gasteiger charge is -2.09. The fraction of sp³-hybridized carbons (Fsp3) is 0.357. The van der Waals surface area contributed by atoms with Crippen molar-refractivity contribution in [1.29, 1.82) is 0 Å². The Bertz CT molecular complexity index is 589. The third-order valence-electron chi connectivity index (χ3n) is 3.12. The van der Waals surface area contributed by atoms with Crippen LogP contribution in [0.3, 0.4) is 0 Å². The third kappa shape index (κ3) is 2.28. The number of rotatable bonds is 4. The van der Waals surface area contributed by atoms with Gasteiger partial charge >= 0.3 is 0 Å². The Balaban J connectivity index is 2.49. The minimum Gasteiger partial charge on any atom is -0.350 e. The zero-order valence-electron chi connectivity index (χ0n) is 10.8. The number of Topliss-reactive ketones (excluding diaryl/α,β-unsaturated/α-hetero) is 1. The molecule has 0 radical (unpaired) electrons. The first-order chi connectivity index (χ1) is 8.54. The molecule has 18 heavy (non-hydrogen) atoms. The van der Waals surface area contributed by atoms with Crippen LogP contribution in [0.1, 0.15) is 24.2 Å². The van der Waals surface area contributed by atoms with Crippen LogP contribution in [-0.2, 0) is 7.05 Å². The van der Waals surface area contributed by atoms with E-state index in [1.807, 2.05) is 49.9 Å². The van der Waals surface area contributed by atoms with Crippen molar-refractivity contribution in [3.05, 3.63) is 35.0 Å². The number of benzene rings is 1. The van der Waals surface area contributed by atoms with Gasteiger partial charge in [0.2, 0.25) is 0 Å². The van der Waals surface area contributed by atoms with Crippen molar-refractivity contribution in [3.8, 4) is 0 Å². The first-order valence-electron chi connectivity index (χ1n) is 6.06. The summed E-state index contributed by atoms with van der Waals surface area (Å²) < 4.78 is 1.94.